The normalized spacial score (nSPS) is 15.7. The number of anilines is 1. The second-order valence-electron chi connectivity index (χ2n) is 5.33. The highest BCUT2D eigenvalue weighted by atomic mass is 19.1. The van der Waals surface area contributed by atoms with Crippen LogP contribution in [0.4, 0.5) is 10.1 Å². The van der Waals surface area contributed by atoms with Crippen molar-refractivity contribution in [3.63, 3.8) is 0 Å². The van der Waals surface area contributed by atoms with Gasteiger partial charge in [0, 0.05) is 5.92 Å². The molecule has 2 N–H and O–H groups in total. The molecule has 1 aromatic rings. The summed E-state index contributed by atoms with van der Waals surface area (Å²) in [4.78, 5) is 12.3. The number of benzene rings is 1. The predicted molar refractivity (Wildman–Crippen MR) is 80.2 cm³/mol. The van der Waals surface area contributed by atoms with E-state index in [2.05, 4.69) is 17.2 Å². The average Bonchev–Trinajstić information content (AvgIpc) is 2.76. The Morgan fingerprint density at radius 2 is 2.00 bits per heavy atom. The summed E-state index contributed by atoms with van der Waals surface area (Å²) in [6.45, 7) is -0.299. The Morgan fingerprint density at radius 1 is 1.29 bits per heavy atom. The molecule has 2 rings (SSSR count). The van der Waals surface area contributed by atoms with Gasteiger partial charge in [-0.3, -0.25) is 4.79 Å². The Morgan fingerprint density at radius 3 is 2.67 bits per heavy atom. The van der Waals surface area contributed by atoms with Crippen LogP contribution in [0.25, 0.3) is 0 Å². The number of carbonyl (C=O) groups excluding carboxylic acids is 1. The lowest BCUT2D eigenvalue weighted by Gasteiger charge is -2.15. The molecule has 0 unspecified atom stereocenters. The summed E-state index contributed by atoms with van der Waals surface area (Å²) in [6, 6.07) is 4.09. The first-order valence-electron chi connectivity index (χ1n) is 7.41. The monoisotopic (exact) mass is 289 g/mol. The van der Waals surface area contributed by atoms with Gasteiger partial charge in [-0.25, -0.2) is 4.39 Å². The van der Waals surface area contributed by atoms with Crippen LogP contribution >= 0.6 is 0 Å². The van der Waals surface area contributed by atoms with Gasteiger partial charge in [-0.15, -0.1) is 0 Å². The Hall–Kier alpha value is -1.86. The minimum atomic E-state index is -0.412. The third kappa shape index (κ3) is 4.57. The standard InChI is InChI=1S/C17H20FNO2/c18-15-9-10-16(14(12-15)8-5-11-20)19-17(21)13-6-3-1-2-4-7-13/h9-10,12-13,20H,1-4,6-7,11H2,(H,19,21). The number of nitrogens with one attached hydrogen (secondary N) is 1. The van der Waals surface area contributed by atoms with E-state index in [4.69, 9.17) is 5.11 Å². The first kappa shape index (κ1) is 15.5. The van der Waals surface area contributed by atoms with Gasteiger partial charge >= 0.3 is 0 Å². The molecular weight excluding hydrogens is 269 g/mol. The molecule has 112 valence electrons. The van der Waals surface area contributed by atoms with Crippen LogP contribution in [0.5, 0.6) is 0 Å². The summed E-state index contributed by atoms with van der Waals surface area (Å²) in [5, 5.41) is 11.6. The van der Waals surface area contributed by atoms with Crippen molar-refractivity contribution >= 4 is 11.6 Å². The maximum atomic E-state index is 13.3. The smallest absolute Gasteiger partial charge is 0.227 e. The lowest BCUT2D eigenvalue weighted by molar-refractivity contribution is -0.120. The lowest BCUT2D eigenvalue weighted by Crippen LogP contribution is -2.22. The van der Waals surface area contributed by atoms with E-state index < -0.39 is 5.82 Å². The van der Waals surface area contributed by atoms with Gasteiger partial charge in [0.2, 0.25) is 5.91 Å². The minimum absolute atomic E-state index is 0.0180. The first-order valence-corrected chi connectivity index (χ1v) is 7.41. The molecule has 1 amide bonds. The largest absolute Gasteiger partial charge is 0.384 e. The summed E-state index contributed by atoms with van der Waals surface area (Å²) in [5.41, 5.74) is 0.901. The topological polar surface area (TPSA) is 49.3 Å². The third-order valence-electron chi connectivity index (χ3n) is 3.77. The molecule has 0 saturated heterocycles. The number of amides is 1. The molecule has 4 heteroatoms. The highest BCUT2D eigenvalue weighted by Crippen LogP contribution is 2.25. The molecule has 21 heavy (non-hydrogen) atoms. The molecule has 0 aliphatic heterocycles. The second-order valence-corrected chi connectivity index (χ2v) is 5.33. The molecule has 0 atom stereocenters. The van der Waals surface area contributed by atoms with Gasteiger partial charge in [0.15, 0.2) is 0 Å². The lowest BCUT2D eigenvalue weighted by atomic mass is 9.99. The SMILES string of the molecule is O=C(Nc1ccc(F)cc1C#CCO)C1CCCCCC1. The number of aliphatic hydroxyl groups excluding tert-OH is 1. The van der Waals surface area contributed by atoms with Crippen LogP contribution in [0.2, 0.25) is 0 Å². The summed E-state index contributed by atoms with van der Waals surface area (Å²) < 4.78 is 13.3. The van der Waals surface area contributed by atoms with Crippen molar-refractivity contribution in [1.82, 2.24) is 0 Å². The number of aliphatic hydroxyl groups is 1. The van der Waals surface area contributed by atoms with Crippen LogP contribution in [-0.4, -0.2) is 17.6 Å². The van der Waals surface area contributed by atoms with Crippen LogP contribution in [-0.2, 0) is 4.79 Å². The Kier molecular flexibility index (Phi) is 5.77. The van der Waals surface area contributed by atoms with Crippen molar-refractivity contribution in [2.45, 2.75) is 38.5 Å². The highest BCUT2D eigenvalue weighted by Gasteiger charge is 2.20. The van der Waals surface area contributed by atoms with Gasteiger partial charge in [-0.05, 0) is 31.0 Å². The zero-order valence-corrected chi connectivity index (χ0v) is 12.0. The molecule has 1 aliphatic carbocycles. The van der Waals surface area contributed by atoms with Gasteiger partial charge in [-0.2, -0.15) is 0 Å². The van der Waals surface area contributed by atoms with E-state index in [9.17, 15) is 9.18 Å². The zero-order chi connectivity index (χ0) is 15.1. The van der Waals surface area contributed by atoms with E-state index in [1.807, 2.05) is 0 Å². The van der Waals surface area contributed by atoms with Crippen molar-refractivity contribution < 1.29 is 14.3 Å². The van der Waals surface area contributed by atoms with Crippen molar-refractivity contribution in [3.05, 3.63) is 29.6 Å². The summed E-state index contributed by atoms with van der Waals surface area (Å²) in [5.74, 6) is 4.75. The van der Waals surface area contributed by atoms with Crippen molar-refractivity contribution in [3.8, 4) is 11.8 Å². The fourth-order valence-corrected chi connectivity index (χ4v) is 2.64. The molecule has 0 radical (unpaired) electrons. The molecule has 1 fully saturated rings. The molecule has 1 aromatic carbocycles. The van der Waals surface area contributed by atoms with Crippen molar-refractivity contribution in [2.24, 2.45) is 5.92 Å². The average molecular weight is 289 g/mol. The van der Waals surface area contributed by atoms with Gasteiger partial charge in [-0.1, -0.05) is 37.5 Å². The van der Waals surface area contributed by atoms with Gasteiger partial charge in [0.1, 0.15) is 12.4 Å². The molecular formula is C17H20FNO2. The van der Waals surface area contributed by atoms with Crippen LogP contribution < -0.4 is 5.32 Å². The van der Waals surface area contributed by atoms with Crippen molar-refractivity contribution in [1.29, 1.82) is 0 Å². The van der Waals surface area contributed by atoms with E-state index in [0.29, 0.717) is 11.3 Å². The summed E-state index contributed by atoms with van der Waals surface area (Å²) in [7, 11) is 0. The molecule has 3 nitrogen and oxygen atoms in total. The predicted octanol–water partition coefficient (Wildman–Crippen LogP) is 3.08. The minimum Gasteiger partial charge on any atom is -0.384 e. The summed E-state index contributed by atoms with van der Waals surface area (Å²) in [6.07, 6.45) is 6.35. The van der Waals surface area contributed by atoms with E-state index in [0.717, 1.165) is 25.7 Å². The van der Waals surface area contributed by atoms with Gasteiger partial charge < -0.3 is 10.4 Å². The Balaban J connectivity index is 2.12. The fraction of sp³-hybridized carbons (Fsp3) is 0.471. The molecule has 0 bridgehead atoms. The molecule has 1 saturated carbocycles. The Labute approximate surface area is 124 Å². The summed E-state index contributed by atoms with van der Waals surface area (Å²) >= 11 is 0. The van der Waals surface area contributed by atoms with Gasteiger partial charge in [0.05, 0.1) is 11.3 Å². The molecule has 0 heterocycles. The zero-order valence-electron chi connectivity index (χ0n) is 12.0. The number of carbonyl (C=O) groups is 1. The van der Waals surface area contributed by atoms with Crippen molar-refractivity contribution in [2.75, 3.05) is 11.9 Å². The first-order chi connectivity index (χ1) is 10.2. The molecule has 1 aliphatic rings. The van der Waals surface area contributed by atoms with Crippen LogP contribution in [0.15, 0.2) is 18.2 Å². The molecule has 0 spiro atoms. The van der Waals surface area contributed by atoms with Gasteiger partial charge in [0.25, 0.3) is 0 Å². The quantitative estimate of drug-likeness (QED) is 0.649. The maximum absolute atomic E-state index is 13.3. The second kappa shape index (κ2) is 7.80. The maximum Gasteiger partial charge on any atom is 0.227 e. The van der Waals surface area contributed by atoms with E-state index in [-0.39, 0.29) is 18.4 Å². The van der Waals surface area contributed by atoms with Crippen LogP contribution in [0.3, 0.4) is 0 Å². The third-order valence-corrected chi connectivity index (χ3v) is 3.77. The number of hydrogen-bond donors (Lipinski definition) is 2. The van der Waals surface area contributed by atoms with Crippen LogP contribution in [0.1, 0.15) is 44.1 Å². The van der Waals surface area contributed by atoms with E-state index >= 15 is 0 Å². The number of halogens is 1. The van der Waals surface area contributed by atoms with Crippen LogP contribution in [0, 0.1) is 23.6 Å². The molecule has 0 aromatic heterocycles. The number of hydrogen-bond acceptors (Lipinski definition) is 2. The highest BCUT2D eigenvalue weighted by molar-refractivity contribution is 5.93. The van der Waals surface area contributed by atoms with E-state index in [1.54, 1.807) is 0 Å². The Bertz CT molecular complexity index is 552. The van der Waals surface area contributed by atoms with E-state index in [1.165, 1.54) is 31.0 Å². The number of rotatable bonds is 2. The fourth-order valence-electron chi connectivity index (χ4n) is 2.64.